The molecule has 2 aromatic rings. The summed E-state index contributed by atoms with van der Waals surface area (Å²) in [5.74, 6) is 0. The molecule has 0 fully saturated rings. The molecule has 0 radical (unpaired) electrons. The van der Waals surface area contributed by atoms with Crippen LogP contribution in [0, 0.1) is 6.92 Å². The zero-order chi connectivity index (χ0) is 13.5. The minimum absolute atomic E-state index is 0.0641. The third kappa shape index (κ3) is 2.15. The van der Waals surface area contributed by atoms with Crippen LogP contribution in [0.3, 0.4) is 0 Å². The first-order valence-electron chi connectivity index (χ1n) is 6.51. The van der Waals surface area contributed by atoms with Gasteiger partial charge in [-0.3, -0.25) is 0 Å². The van der Waals surface area contributed by atoms with Gasteiger partial charge < -0.3 is 9.51 Å². The van der Waals surface area contributed by atoms with Gasteiger partial charge in [0.1, 0.15) is 5.65 Å². The van der Waals surface area contributed by atoms with E-state index in [4.69, 9.17) is 4.98 Å². The molecule has 2 heterocycles. The Hall–Kier alpha value is -1.35. The second-order valence-electron chi connectivity index (χ2n) is 5.95. The summed E-state index contributed by atoms with van der Waals surface area (Å²) < 4.78 is 2.02. The Morgan fingerprint density at radius 2 is 2.06 bits per heavy atom. The lowest BCUT2D eigenvalue weighted by atomic mass is 9.89. The molecule has 1 atom stereocenters. The van der Waals surface area contributed by atoms with E-state index in [1.807, 2.05) is 23.6 Å². The molecule has 98 valence electrons. The minimum Gasteiger partial charge on any atom is -0.387 e. The van der Waals surface area contributed by atoms with Gasteiger partial charge in [-0.05, 0) is 31.0 Å². The molecule has 3 heteroatoms. The van der Waals surface area contributed by atoms with Crippen LogP contribution in [-0.4, -0.2) is 14.5 Å². The monoisotopic (exact) mass is 246 g/mol. The van der Waals surface area contributed by atoms with Crippen molar-refractivity contribution in [3.8, 4) is 0 Å². The quantitative estimate of drug-likeness (QED) is 0.882. The molecule has 0 amide bonds. The molecule has 0 spiro atoms. The van der Waals surface area contributed by atoms with Crippen LogP contribution in [0.15, 0.2) is 18.3 Å². The first kappa shape index (κ1) is 13.1. The van der Waals surface area contributed by atoms with Crippen LogP contribution in [0.5, 0.6) is 0 Å². The van der Waals surface area contributed by atoms with Crippen LogP contribution in [0.1, 0.15) is 57.2 Å². The Labute approximate surface area is 108 Å². The van der Waals surface area contributed by atoms with E-state index in [-0.39, 0.29) is 5.41 Å². The van der Waals surface area contributed by atoms with Gasteiger partial charge in [0, 0.05) is 11.6 Å². The van der Waals surface area contributed by atoms with Crippen molar-refractivity contribution in [2.24, 2.45) is 0 Å². The number of hydrogen-bond acceptors (Lipinski definition) is 2. The predicted molar refractivity (Wildman–Crippen MR) is 73.9 cm³/mol. The van der Waals surface area contributed by atoms with Gasteiger partial charge in [-0.1, -0.05) is 27.7 Å². The number of imidazole rings is 1. The molecular formula is C15H22N2O. The average Bonchev–Trinajstić information content (AvgIpc) is 2.66. The van der Waals surface area contributed by atoms with E-state index in [1.54, 1.807) is 0 Å². The van der Waals surface area contributed by atoms with Crippen LogP contribution in [0.4, 0.5) is 0 Å². The van der Waals surface area contributed by atoms with Gasteiger partial charge in [-0.15, -0.1) is 0 Å². The summed E-state index contributed by atoms with van der Waals surface area (Å²) in [6.45, 7) is 10.4. The maximum atomic E-state index is 10.3. The fourth-order valence-corrected chi connectivity index (χ4v) is 2.23. The minimum atomic E-state index is -0.461. The lowest BCUT2D eigenvalue weighted by Crippen LogP contribution is -2.16. The second kappa shape index (κ2) is 4.39. The number of aromatic nitrogens is 2. The first-order valence-corrected chi connectivity index (χ1v) is 6.51. The summed E-state index contributed by atoms with van der Waals surface area (Å²) in [4.78, 5) is 4.72. The summed E-state index contributed by atoms with van der Waals surface area (Å²) in [6, 6.07) is 4.11. The highest BCUT2D eigenvalue weighted by molar-refractivity contribution is 5.47. The molecule has 0 bridgehead atoms. The average molecular weight is 246 g/mol. The van der Waals surface area contributed by atoms with Gasteiger partial charge in [0.15, 0.2) is 0 Å². The van der Waals surface area contributed by atoms with Crippen LogP contribution in [0.2, 0.25) is 0 Å². The van der Waals surface area contributed by atoms with E-state index in [2.05, 4.69) is 33.8 Å². The zero-order valence-electron chi connectivity index (χ0n) is 11.9. The molecule has 2 rings (SSSR count). The predicted octanol–water partition coefficient (Wildman–Crippen LogP) is 3.38. The molecule has 0 aliphatic rings. The van der Waals surface area contributed by atoms with Crippen molar-refractivity contribution in [1.29, 1.82) is 0 Å². The maximum absolute atomic E-state index is 10.3. The van der Waals surface area contributed by atoms with E-state index >= 15 is 0 Å². The molecule has 0 aliphatic heterocycles. The van der Waals surface area contributed by atoms with E-state index in [0.29, 0.717) is 6.42 Å². The van der Waals surface area contributed by atoms with Crippen molar-refractivity contribution in [2.75, 3.05) is 0 Å². The lowest BCUT2D eigenvalue weighted by molar-refractivity contribution is 0.165. The smallest absolute Gasteiger partial charge is 0.137 e. The molecule has 1 unspecified atom stereocenters. The van der Waals surface area contributed by atoms with Crippen molar-refractivity contribution in [2.45, 2.75) is 52.6 Å². The van der Waals surface area contributed by atoms with Crippen LogP contribution in [-0.2, 0) is 5.41 Å². The van der Waals surface area contributed by atoms with Crippen LogP contribution < -0.4 is 0 Å². The molecule has 0 saturated heterocycles. The summed E-state index contributed by atoms with van der Waals surface area (Å²) >= 11 is 0. The highest BCUT2D eigenvalue weighted by Crippen LogP contribution is 2.31. The molecule has 2 aromatic heterocycles. The van der Waals surface area contributed by atoms with Crippen molar-refractivity contribution in [1.82, 2.24) is 9.38 Å². The lowest BCUT2D eigenvalue weighted by Gasteiger charge is -2.20. The van der Waals surface area contributed by atoms with E-state index in [0.717, 1.165) is 17.0 Å². The molecule has 1 N–H and O–H groups in total. The number of hydrogen-bond donors (Lipinski definition) is 1. The molecule has 0 aromatic carbocycles. The van der Waals surface area contributed by atoms with Crippen molar-refractivity contribution in [3.63, 3.8) is 0 Å². The third-order valence-electron chi connectivity index (χ3n) is 3.23. The van der Waals surface area contributed by atoms with Gasteiger partial charge in [0.2, 0.25) is 0 Å². The van der Waals surface area contributed by atoms with Crippen molar-refractivity contribution < 1.29 is 5.11 Å². The number of nitrogens with zero attached hydrogens (tertiary/aromatic N) is 2. The number of aliphatic hydroxyl groups excluding tert-OH is 1. The fourth-order valence-electron chi connectivity index (χ4n) is 2.23. The number of aryl methyl sites for hydroxylation is 1. The summed E-state index contributed by atoms with van der Waals surface area (Å²) in [7, 11) is 0. The highest BCUT2D eigenvalue weighted by Gasteiger charge is 2.26. The molecule has 0 aliphatic carbocycles. The van der Waals surface area contributed by atoms with Crippen LogP contribution >= 0.6 is 0 Å². The Bertz CT molecular complexity index is 564. The van der Waals surface area contributed by atoms with Crippen molar-refractivity contribution >= 4 is 5.65 Å². The highest BCUT2D eigenvalue weighted by atomic mass is 16.3. The van der Waals surface area contributed by atoms with Crippen LogP contribution in [0.25, 0.3) is 5.65 Å². The zero-order valence-corrected chi connectivity index (χ0v) is 11.9. The number of aliphatic hydroxyl groups is 1. The largest absolute Gasteiger partial charge is 0.387 e. The van der Waals surface area contributed by atoms with E-state index < -0.39 is 6.10 Å². The molecular weight excluding hydrogens is 224 g/mol. The van der Waals surface area contributed by atoms with Gasteiger partial charge in [0.05, 0.1) is 17.5 Å². The Kier molecular flexibility index (Phi) is 3.20. The molecule has 18 heavy (non-hydrogen) atoms. The van der Waals surface area contributed by atoms with E-state index in [9.17, 15) is 5.11 Å². The second-order valence-corrected chi connectivity index (χ2v) is 5.95. The molecule has 3 nitrogen and oxygen atoms in total. The Morgan fingerprint density at radius 3 is 2.61 bits per heavy atom. The topological polar surface area (TPSA) is 37.5 Å². The molecule has 0 saturated carbocycles. The Morgan fingerprint density at radius 1 is 1.39 bits per heavy atom. The van der Waals surface area contributed by atoms with Crippen molar-refractivity contribution in [3.05, 3.63) is 35.3 Å². The summed E-state index contributed by atoms with van der Waals surface area (Å²) in [5.41, 5.74) is 3.96. The normalized spacial score (nSPS) is 14.1. The van der Waals surface area contributed by atoms with Gasteiger partial charge in [-0.2, -0.15) is 0 Å². The number of pyridine rings is 1. The Balaban J connectivity index is 2.76. The summed E-state index contributed by atoms with van der Waals surface area (Å²) in [6.07, 6.45) is 2.24. The van der Waals surface area contributed by atoms with Gasteiger partial charge >= 0.3 is 0 Å². The first-order chi connectivity index (χ1) is 8.34. The number of fused-ring (bicyclic) bond motifs is 1. The van der Waals surface area contributed by atoms with Gasteiger partial charge in [-0.25, -0.2) is 4.98 Å². The third-order valence-corrected chi connectivity index (χ3v) is 3.23. The SMILES string of the molecule is CCC(O)c1c(C(C)(C)C)nc2cc(C)ccn12. The summed E-state index contributed by atoms with van der Waals surface area (Å²) in [5, 5.41) is 10.3. The maximum Gasteiger partial charge on any atom is 0.137 e. The fraction of sp³-hybridized carbons (Fsp3) is 0.533. The van der Waals surface area contributed by atoms with E-state index in [1.165, 1.54) is 5.56 Å². The van der Waals surface area contributed by atoms with Gasteiger partial charge in [0.25, 0.3) is 0 Å². The number of rotatable bonds is 2. The standard InChI is InChI=1S/C15H22N2O/c1-6-11(18)13-14(15(3,4)5)16-12-9-10(2)7-8-17(12)13/h7-9,11,18H,6H2,1-5H3.